The first-order valence-electron chi connectivity index (χ1n) is 4.80. The van der Waals surface area contributed by atoms with Gasteiger partial charge in [0, 0.05) is 37.6 Å². The number of thiazole rings is 1. The van der Waals surface area contributed by atoms with E-state index >= 15 is 0 Å². The van der Waals surface area contributed by atoms with E-state index in [9.17, 15) is 0 Å². The van der Waals surface area contributed by atoms with Crippen LogP contribution in [0.2, 0.25) is 0 Å². The topological polar surface area (TPSA) is 60.2 Å². The first-order chi connectivity index (χ1) is 6.93. The quantitative estimate of drug-likeness (QED) is 0.610. The highest BCUT2D eigenvalue weighted by molar-refractivity contribution is 7.09. The van der Waals surface area contributed by atoms with Crippen molar-refractivity contribution in [3.63, 3.8) is 0 Å². The van der Waals surface area contributed by atoms with Crippen LogP contribution in [0.1, 0.15) is 5.01 Å². The van der Waals surface area contributed by atoms with Crippen LogP contribution in [-0.4, -0.2) is 37.8 Å². The van der Waals surface area contributed by atoms with Gasteiger partial charge in [0.15, 0.2) is 0 Å². The molecule has 0 radical (unpaired) electrons. The van der Waals surface area contributed by atoms with Crippen LogP contribution in [0.4, 0.5) is 0 Å². The maximum Gasteiger partial charge on any atom is 0.0937 e. The second kappa shape index (κ2) is 7.87. The minimum atomic E-state index is 0.596. The largest absolute Gasteiger partial charge is 0.379 e. The van der Waals surface area contributed by atoms with E-state index in [1.165, 1.54) is 5.01 Å². The molecule has 0 spiro atoms. The molecule has 0 atom stereocenters. The fourth-order valence-electron chi connectivity index (χ4n) is 1.03. The van der Waals surface area contributed by atoms with Crippen molar-refractivity contribution in [1.82, 2.24) is 10.3 Å². The van der Waals surface area contributed by atoms with Gasteiger partial charge in [-0.1, -0.05) is 0 Å². The molecule has 14 heavy (non-hydrogen) atoms. The maximum atomic E-state index is 5.28. The predicted octanol–water partition coefficient (Wildman–Crippen LogP) is 0.251. The van der Waals surface area contributed by atoms with Crippen molar-refractivity contribution in [3.8, 4) is 0 Å². The highest BCUT2D eigenvalue weighted by Gasteiger charge is 1.94. The van der Waals surface area contributed by atoms with E-state index in [0.29, 0.717) is 13.2 Å². The number of hydrogen-bond donors (Lipinski definition) is 2. The molecule has 1 rings (SSSR count). The minimum absolute atomic E-state index is 0.596. The van der Waals surface area contributed by atoms with Gasteiger partial charge in [-0.3, -0.25) is 0 Å². The summed E-state index contributed by atoms with van der Waals surface area (Å²) in [5.74, 6) is 0. The van der Waals surface area contributed by atoms with Crippen molar-refractivity contribution in [2.75, 3.05) is 32.8 Å². The lowest BCUT2D eigenvalue weighted by atomic mass is 10.4. The Hall–Kier alpha value is -0.490. The highest BCUT2D eigenvalue weighted by atomic mass is 32.1. The fourth-order valence-corrected chi connectivity index (χ4v) is 1.65. The van der Waals surface area contributed by atoms with Gasteiger partial charge in [-0.25, -0.2) is 4.98 Å². The molecule has 1 aromatic rings. The summed E-state index contributed by atoms with van der Waals surface area (Å²) in [6.07, 6.45) is 2.83. The van der Waals surface area contributed by atoms with Gasteiger partial charge in [0.05, 0.1) is 18.2 Å². The smallest absolute Gasteiger partial charge is 0.0937 e. The van der Waals surface area contributed by atoms with Crippen molar-refractivity contribution in [2.45, 2.75) is 6.42 Å². The van der Waals surface area contributed by atoms with Crippen LogP contribution in [-0.2, 0) is 11.2 Å². The van der Waals surface area contributed by atoms with E-state index in [4.69, 9.17) is 10.5 Å². The minimum Gasteiger partial charge on any atom is -0.379 e. The summed E-state index contributed by atoms with van der Waals surface area (Å²) in [5, 5.41) is 6.46. The number of ether oxygens (including phenoxy) is 1. The number of hydrogen-bond acceptors (Lipinski definition) is 5. The Kier molecular flexibility index (Phi) is 6.51. The molecule has 0 unspecified atom stereocenters. The van der Waals surface area contributed by atoms with Crippen molar-refractivity contribution in [1.29, 1.82) is 0 Å². The Balaban J connectivity index is 1.85. The maximum absolute atomic E-state index is 5.28. The van der Waals surface area contributed by atoms with Crippen molar-refractivity contribution in [2.24, 2.45) is 5.73 Å². The van der Waals surface area contributed by atoms with Crippen LogP contribution in [0.15, 0.2) is 11.6 Å². The molecule has 0 saturated heterocycles. The summed E-state index contributed by atoms with van der Waals surface area (Å²) in [6, 6.07) is 0. The van der Waals surface area contributed by atoms with E-state index < -0.39 is 0 Å². The molecule has 0 bridgehead atoms. The van der Waals surface area contributed by atoms with Gasteiger partial charge in [-0.05, 0) is 0 Å². The highest BCUT2D eigenvalue weighted by Crippen LogP contribution is 2.03. The monoisotopic (exact) mass is 215 g/mol. The normalized spacial score (nSPS) is 10.6. The van der Waals surface area contributed by atoms with Crippen LogP contribution < -0.4 is 11.1 Å². The molecule has 0 aliphatic rings. The zero-order valence-electron chi connectivity index (χ0n) is 8.24. The Labute approximate surface area is 88.5 Å². The number of rotatable bonds is 8. The molecular formula is C9H17N3OS. The Morgan fingerprint density at radius 2 is 2.36 bits per heavy atom. The van der Waals surface area contributed by atoms with Gasteiger partial charge in [-0.2, -0.15) is 0 Å². The molecule has 1 heterocycles. The molecule has 0 aliphatic heterocycles. The first-order valence-corrected chi connectivity index (χ1v) is 5.68. The molecule has 1 aromatic heterocycles. The van der Waals surface area contributed by atoms with Crippen molar-refractivity contribution >= 4 is 11.3 Å². The van der Waals surface area contributed by atoms with Crippen LogP contribution in [0, 0.1) is 0 Å². The molecule has 0 saturated carbocycles. The summed E-state index contributed by atoms with van der Waals surface area (Å²) in [6.45, 7) is 3.81. The summed E-state index contributed by atoms with van der Waals surface area (Å²) in [5.41, 5.74) is 5.28. The molecule has 4 nitrogen and oxygen atoms in total. The van der Waals surface area contributed by atoms with Crippen molar-refractivity contribution in [3.05, 3.63) is 16.6 Å². The molecule has 80 valence electrons. The zero-order valence-corrected chi connectivity index (χ0v) is 9.05. The second-order valence-corrected chi connectivity index (χ2v) is 3.81. The third kappa shape index (κ3) is 5.29. The van der Waals surface area contributed by atoms with Gasteiger partial charge in [0.1, 0.15) is 0 Å². The van der Waals surface area contributed by atoms with E-state index in [-0.39, 0.29) is 0 Å². The first kappa shape index (κ1) is 11.6. The number of aromatic nitrogens is 1. The van der Waals surface area contributed by atoms with E-state index in [2.05, 4.69) is 10.3 Å². The summed E-state index contributed by atoms with van der Waals surface area (Å²) in [7, 11) is 0. The summed E-state index contributed by atoms with van der Waals surface area (Å²) >= 11 is 1.70. The third-order valence-electron chi connectivity index (χ3n) is 1.68. The molecule has 3 N–H and O–H groups in total. The van der Waals surface area contributed by atoms with E-state index in [1.807, 2.05) is 11.6 Å². The number of nitrogens with zero attached hydrogens (tertiary/aromatic N) is 1. The lowest BCUT2D eigenvalue weighted by Gasteiger charge is -2.03. The van der Waals surface area contributed by atoms with E-state index in [1.54, 1.807) is 11.3 Å². The zero-order chi connectivity index (χ0) is 10.1. The molecule has 0 amide bonds. The molecule has 0 aromatic carbocycles. The fraction of sp³-hybridized carbons (Fsp3) is 0.667. The SMILES string of the molecule is NCCOCCNCCc1nccs1. The van der Waals surface area contributed by atoms with Crippen LogP contribution >= 0.6 is 11.3 Å². The Morgan fingerprint density at radius 1 is 1.43 bits per heavy atom. The number of nitrogens with one attached hydrogen (secondary N) is 1. The van der Waals surface area contributed by atoms with Gasteiger partial charge < -0.3 is 15.8 Å². The van der Waals surface area contributed by atoms with Gasteiger partial charge in [-0.15, -0.1) is 11.3 Å². The standard InChI is InChI=1S/C9H17N3OS/c10-2-6-13-7-4-11-3-1-9-12-5-8-14-9/h5,8,11H,1-4,6-7,10H2. The average molecular weight is 215 g/mol. The second-order valence-electron chi connectivity index (χ2n) is 2.83. The molecular weight excluding hydrogens is 198 g/mol. The lowest BCUT2D eigenvalue weighted by Crippen LogP contribution is -2.23. The number of nitrogens with two attached hydrogens (primary N) is 1. The molecule has 0 aliphatic carbocycles. The van der Waals surface area contributed by atoms with Gasteiger partial charge in [0.2, 0.25) is 0 Å². The summed E-state index contributed by atoms with van der Waals surface area (Å²) < 4.78 is 5.22. The van der Waals surface area contributed by atoms with E-state index in [0.717, 1.165) is 26.1 Å². The third-order valence-corrected chi connectivity index (χ3v) is 2.52. The molecule has 0 fully saturated rings. The van der Waals surface area contributed by atoms with Gasteiger partial charge >= 0.3 is 0 Å². The predicted molar refractivity (Wildman–Crippen MR) is 58.6 cm³/mol. The average Bonchev–Trinajstić information content (AvgIpc) is 2.69. The van der Waals surface area contributed by atoms with Crippen molar-refractivity contribution < 1.29 is 4.74 Å². The van der Waals surface area contributed by atoms with Crippen LogP contribution in [0.5, 0.6) is 0 Å². The van der Waals surface area contributed by atoms with Crippen LogP contribution in [0.3, 0.4) is 0 Å². The Morgan fingerprint density at radius 3 is 3.07 bits per heavy atom. The van der Waals surface area contributed by atoms with Crippen LogP contribution in [0.25, 0.3) is 0 Å². The Bertz CT molecular complexity index is 216. The molecule has 5 heteroatoms. The lowest BCUT2D eigenvalue weighted by molar-refractivity contribution is 0.143. The van der Waals surface area contributed by atoms with Gasteiger partial charge in [0.25, 0.3) is 0 Å². The summed E-state index contributed by atoms with van der Waals surface area (Å²) in [4.78, 5) is 4.19.